The molecule has 2 aromatic rings. The molecular weight excluding hydrogens is 380 g/mol. The highest BCUT2D eigenvalue weighted by Gasteiger charge is 2.30. The topological polar surface area (TPSA) is 45.5 Å². The summed E-state index contributed by atoms with van der Waals surface area (Å²) in [4.78, 5) is 3.48. The van der Waals surface area contributed by atoms with Crippen molar-refractivity contribution in [2.75, 3.05) is 31.2 Å². The molecule has 29 heavy (non-hydrogen) atoms. The van der Waals surface area contributed by atoms with E-state index < -0.39 is 0 Å². The van der Waals surface area contributed by atoms with Crippen molar-refractivity contribution < 1.29 is 9.47 Å². The average molecular weight is 409 g/mol. The molecule has 1 saturated heterocycles. The smallest absolute Gasteiger partial charge is 0.101 e. The van der Waals surface area contributed by atoms with Gasteiger partial charge in [-0.15, -0.1) is 11.8 Å². The Hall–Kier alpha value is -2.00. The maximum Gasteiger partial charge on any atom is 0.101 e. The number of anilines is 1. The minimum Gasteiger partial charge on any atom is -0.378 e. The van der Waals surface area contributed by atoms with Gasteiger partial charge in [-0.3, -0.25) is 0 Å². The molecule has 0 bridgehead atoms. The third-order valence-corrected chi connectivity index (χ3v) is 6.89. The van der Waals surface area contributed by atoms with Gasteiger partial charge in [0.05, 0.1) is 31.5 Å². The number of rotatable bonds is 5. The summed E-state index contributed by atoms with van der Waals surface area (Å²) in [6.07, 6.45) is 0.981. The fourth-order valence-electron chi connectivity index (χ4n) is 4.06. The zero-order valence-electron chi connectivity index (χ0n) is 17.2. The molecule has 0 aliphatic carbocycles. The quantitative estimate of drug-likeness (QED) is 0.666. The first-order valence-electron chi connectivity index (χ1n) is 10.4. The van der Waals surface area contributed by atoms with E-state index in [0.29, 0.717) is 12.5 Å². The molecule has 0 saturated carbocycles. The highest BCUT2D eigenvalue weighted by atomic mass is 32.2. The highest BCUT2D eigenvalue weighted by Crippen LogP contribution is 2.40. The molecule has 4 rings (SSSR count). The summed E-state index contributed by atoms with van der Waals surface area (Å²) >= 11 is 1.76. The van der Waals surface area contributed by atoms with Gasteiger partial charge in [-0.1, -0.05) is 44.2 Å². The normalized spacial score (nSPS) is 19.1. The predicted octanol–water partition coefficient (Wildman–Crippen LogP) is 4.78. The molecule has 2 aromatic carbocycles. The van der Waals surface area contributed by atoms with Crippen molar-refractivity contribution >= 4 is 17.4 Å². The summed E-state index contributed by atoms with van der Waals surface area (Å²) in [5, 5.41) is 10.1. The Labute approximate surface area is 177 Å². The van der Waals surface area contributed by atoms with Crippen molar-refractivity contribution in [1.82, 2.24) is 0 Å². The molecule has 4 nitrogen and oxygen atoms in total. The number of hydrogen-bond donors (Lipinski definition) is 0. The molecule has 2 heterocycles. The fourth-order valence-corrected chi connectivity index (χ4v) is 5.08. The zero-order valence-corrected chi connectivity index (χ0v) is 18.0. The summed E-state index contributed by atoms with van der Waals surface area (Å²) in [6, 6.07) is 15.2. The van der Waals surface area contributed by atoms with Crippen LogP contribution in [0.25, 0.3) is 0 Å². The van der Waals surface area contributed by atoms with Crippen LogP contribution in [-0.4, -0.2) is 32.4 Å². The lowest BCUT2D eigenvalue weighted by molar-refractivity contribution is -0.000345. The number of nitriles is 1. The first-order valence-corrected chi connectivity index (χ1v) is 11.4. The average Bonchev–Trinajstić information content (AvgIpc) is 2.77. The summed E-state index contributed by atoms with van der Waals surface area (Å²) in [5.74, 6) is 1.29. The molecule has 0 N–H and O–H groups in total. The minimum atomic E-state index is 0.168. The highest BCUT2D eigenvalue weighted by molar-refractivity contribution is 7.98. The third kappa shape index (κ3) is 4.45. The lowest BCUT2D eigenvalue weighted by Crippen LogP contribution is -2.38. The van der Waals surface area contributed by atoms with E-state index in [0.717, 1.165) is 48.9 Å². The number of fused-ring (bicyclic) bond motifs is 1. The first-order chi connectivity index (χ1) is 14.2. The Morgan fingerprint density at radius 3 is 2.62 bits per heavy atom. The third-order valence-electron chi connectivity index (χ3n) is 5.78. The molecule has 0 unspecified atom stereocenters. The van der Waals surface area contributed by atoms with E-state index in [4.69, 9.17) is 9.47 Å². The van der Waals surface area contributed by atoms with E-state index in [1.165, 1.54) is 22.4 Å². The molecule has 2 aliphatic heterocycles. The molecule has 0 spiro atoms. The van der Waals surface area contributed by atoms with Crippen LogP contribution < -0.4 is 4.90 Å². The molecule has 152 valence electrons. The maximum absolute atomic E-state index is 10.1. The van der Waals surface area contributed by atoms with Crippen LogP contribution in [0.15, 0.2) is 41.3 Å². The molecular formula is C24H28N2O2S. The van der Waals surface area contributed by atoms with Crippen LogP contribution in [0, 0.1) is 17.2 Å². The van der Waals surface area contributed by atoms with Crippen LogP contribution >= 0.6 is 11.8 Å². The van der Waals surface area contributed by atoms with Gasteiger partial charge >= 0.3 is 0 Å². The van der Waals surface area contributed by atoms with Crippen LogP contribution in [0.3, 0.4) is 0 Å². The standard InChI is InChI=1S/C24H28N2O2S/c1-17(2)23-12-19-20(14-25)24(29-16-18-6-4-3-5-7-18)13-22(21(19)15-28-23)26-8-10-27-11-9-26/h3-7,13,17,23H,8-12,15-16H2,1-2H3/t23-/m0/s1. The van der Waals surface area contributed by atoms with Gasteiger partial charge in [-0.05, 0) is 23.1 Å². The van der Waals surface area contributed by atoms with Gasteiger partial charge in [-0.25, -0.2) is 0 Å². The second-order valence-electron chi connectivity index (χ2n) is 8.01. The van der Waals surface area contributed by atoms with Crippen molar-refractivity contribution in [2.45, 2.75) is 43.6 Å². The Kier molecular flexibility index (Phi) is 6.44. The van der Waals surface area contributed by atoms with Crippen LogP contribution in [0.1, 0.15) is 36.1 Å². The molecule has 0 aromatic heterocycles. The predicted molar refractivity (Wildman–Crippen MR) is 117 cm³/mol. The van der Waals surface area contributed by atoms with E-state index in [1.807, 2.05) is 6.07 Å². The summed E-state index contributed by atoms with van der Waals surface area (Å²) in [5.41, 5.74) is 5.73. The zero-order chi connectivity index (χ0) is 20.2. The van der Waals surface area contributed by atoms with Gasteiger partial charge in [0.1, 0.15) is 6.07 Å². The van der Waals surface area contributed by atoms with Crippen LogP contribution in [0.4, 0.5) is 5.69 Å². The molecule has 0 amide bonds. The van der Waals surface area contributed by atoms with Gasteiger partial charge < -0.3 is 14.4 Å². The Balaban J connectivity index is 1.73. The molecule has 1 atom stereocenters. The van der Waals surface area contributed by atoms with Gasteiger partial charge in [0.15, 0.2) is 0 Å². The van der Waals surface area contributed by atoms with Crippen LogP contribution in [-0.2, 0) is 28.3 Å². The lowest BCUT2D eigenvalue weighted by atomic mass is 9.89. The van der Waals surface area contributed by atoms with Gasteiger partial charge in [0, 0.05) is 41.4 Å². The number of hydrogen-bond acceptors (Lipinski definition) is 5. The monoisotopic (exact) mass is 408 g/mol. The van der Waals surface area contributed by atoms with Gasteiger partial charge in [0.2, 0.25) is 0 Å². The van der Waals surface area contributed by atoms with E-state index in [9.17, 15) is 5.26 Å². The maximum atomic E-state index is 10.1. The largest absolute Gasteiger partial charge is 0.378 e. The van der Waals surface area contributed by atoms with E-state index >= 15 is 0 Å². The Morgan fingerprint density at radius 2 is 1.93 bits per heavy atom. The first kappa shape index (κ1) is 20.3. The second-order valence-corrected chi connectivity index (χ2v) is 9.03. The summed E-state index contributed by atoms with van der Waals surface area (Å²) in [7, 11) is 0. The van der Waals surface area contributed by atoms with Crippen molar-refractivity contribution in [1.29, 1.82) is 5.26 Å². The molecule has 5 heteroatoms. The Morgan fingerprint density at radius 1 is 1.17 bits per heavy atom. The number of ether oxygens (including phenoxy) is 2. The van der Waals surface area contributed by atoms with E-state index in [1.54, 1.807) is 11.8 Å². The van der Waals surface area contributed by atoms with Crippen LogP contribution in [0.2, 0.25) is 0 Å². The molecule has 0 radical (unpaired) electrons. The summed E-state index contributed by atoms with van der Waals surface area (Å²) in [6.45, 7) is 8.23. The molecule has 2 aliphatic rings. The molecule has 1 fully saturated rings. The van der Waals surface area contributed by atoms with E-state index in [2.05, 4.69) is 55.1 Å². The SMILES string of the molecule is CC(C)[C@@H]1Cc2c(C#N)c(SCc3ccccc3)cc(N3CCOCC3)c2CO1. The van der Waals surface area contributed by atoms with Crippen molar-refractivity contribution in [3.05, 3.63) is 58.7 Å². The fraction of sp³-hybridized carbons (Fsp3) is 0.458. The number of thioether (sulfide) groups is 1. The van der Waals surface area contributed by atoms with Gasteiger partial charge in [-0.2, -0.15) is 5.26 Å². The number of morpholine rings is 1. The second kappa shape index (κ2) is 9.21. The van der Waals surface area contributed by atoms with Crippen molar-refractivity contribution in [2.24, 2.45) is 5.92 Å². The van der Waals surface area contributed by atoms with Crippen LogP contribution in [0.5, 0.6) is 0 Å². The van der Waals surface area contributed by atoms with E-state index in [-0.39, 0.29) is 6.10 Å². The minimum absolute atomic E-state index is 0.168. The number of benzene rings is 2. The van der Waals surface area contributed by atoms with Crippen molar-refractivity contribution in [3.63, 3.8) is 0 Å². The van der Waals surface area contributed by atoms with Gasteiger partial charge in [0.25, 0.3) is 0 Å². The Bertz CT molecular complexity index is 886. The van der Waals surface area contributed by atoms with Crippen molar-refractivity contribution in [3.8, 4) is 6.07 Å². The summed E-state index contributed by atoms with van der Waals surface area (Å²) < 4.78 is 11.8. The lowest BCUT2D eigenvalue weighted by Gasteiger charge is -2.36. The number of nitrogens with zero attached hydrogens (tertiary/aromatic N) is 2.